The van der Waals surface area contributed by atoms with E-state index in [0.29, 0.717) is 17.0 Å². The molecule has 0 aromatic heterocycles. The summed E-state index contributed by atoms with van der Waals surface area (Å²) in [6, 6.07) is 17.7. The van der Waals surface area contributed by atoms with Crippen molar-refractivity contribution in [2.24, 2.45) is 0 Å². The van der Waals surface area contributed by atoms with Crippen molar-refractivity contribution in [2.45, 2.75) is 44.9 Å². The molecular formula is C31H34N4O7. The minimum Gasteiger partial charge on any atom is -0.508 e. The van der Waals surface area contributed by atoms with Crippen molar-refractivity contribution in [3.8, 4) is 23.3 Å². The number of amides is 3. The Morgan fingerprint density at radius 2 is 1.64 bits per heavy atom. The van der Waals surface area contributed by atoms with Crippen LogP contribution in [0.4, 0.5) is 10.5 Å². The van der Waals surface area contributed by atoms with Gasteiger partial charge in [0.25, 0.3) is 5.91 Å². The molecule has 220 valence electrons. The molecule has 0 fully saturated rings. The van der Waals surface area contributed by atoms with Crippen molar-refractivity contribution in [1.82, 2.24) is 10.2 Å². The summed E-state index contributed by atoms with van der Waals surface area (Å²) in [4.78, 5) is 41.7. The molecule has 0 saturated heterocycles. The summed E-state index contributed by atoms with van der Waals surface area (Å²) in [5.41, 5.74) is 0.383. The van der Waals surface area contributed by atoms with Crippen molar-refractivity contribution in [1.29, 1.82) is 5.26 Å². The second-order valence-corrected chi connectivity index (χ2v) is 10.4. The van der Waals surface area contributed by atoms with Crippen LogP contribution in [0.2, 0.25) is 0 Å². The molecule has 3 amide bonds. The summed E-state index contributed by atoms with van der Waals surface area (Å²) in [7, 11) is 1.51. The first-order chi connectivity index (χ1) is 19.9. The Morgan fingerprint density at radius 1 is 0.976 bits per heavy atom. The second kappa shape index (κ2) is 13.9. The number of rotatable bonds is 10. The smallest absolute Gasteiger partial charge is 0.408 e. The van der Waals surface area contributed by atoms with Gasteiger partial charge < -0.3 is 35.2 Å². The first-order valence-electron chi connectivity index (χ1n) is 13.1. The lowest BCUT2D eigenvalue weighted by atomic mass is 10.00. The predicted molar refractivity (Wildman–Crippen MR) is 155 cm³/mol. The van der Waals surface area contributed by atoms with Gasteiger partial charge in [0.05, 0.1) is 13.2 Å². The number of hydrogen-bond acceptors (Lipinski definition) is 8. The number of ether oxygens (including phenoxy) is 2. The van der Waals surface area contributed by atoms with Gasteiger partial charge in [0.15, 0.2) is 0 Å². The number of nitrogens with one attached hydrogen (secondary N) is 2. The van der Waals surface area contributed by atoms with Crippen molar-refractivity contribution < 1.29 is 34.1 Å². The number of hydrogen-bond donors (Lipinski definition) is 4. The van der Waals surface area contributed by atoms with Crippen LogP contribution in [0.25, 0.3) is 0 Å². The molecule has 11 heteroatoms. The van der Waals surface area contributed by atoms with Crippen LogP contribution < -0.4 is 15.4 Å². The van der Waals surface area contributed by atoms with Crippen molar-refractivity contribution >= 4 is 23.6 Å². The minimum atomic E-state index is -1.37. The van der Waals surface area contributed by atoms with Gasteiger partial charge in [-0.2, -0.15) is 5.26 Å². The fourth-order valence-corrected chi connectivity index (χ4v) is 4.14. The summed E-state index contributed by atoms with van der Waals surface area (Å²) in [6.07, 6.45) is -0.902. The average Bonchev–Trinajstić information content (AvgIpc) is 2.92. The van der Waals surface area contributed by atoms with E-state index in [2.05, 4.69) is 10.6 Å². The number of phenols is 2. The lowest BCUT2D eigenvalue weighted by molar-refractivity contribution is -0.140. The molecule has 2 unspecified atom stereocenters. The summed E-state index contributed by atoms with van der Waals surface area (Å²) >= 11 is 0. The van der Waals surface area contributed by atoms with Gasteiger partial charge in [0.1, 0.15) is 41.5 Å². The molecule has 3 aromatic carbocycles. The maximum absolute atomic E-state index is 14.1. The molecule has 0 aliphatic carbocycles. The zero-order valence-corrected chi connectivity index (χ0v) is 23.8. The van der Waals surface area contributed by atoms with E-state index in [1.54, 1.807) is 63.2 Å². The third kappa shape index (κ3) is 8.89. The highest BCUT2D eigenvalue weighted by Gasteiger charge is 2.36. The minimum absolute atomic E-state index is 0.0204. The number of phenolic OH excluding ortho intramolecular Hbond substituents is 2. The Hall–Kier alpha value is -5.24. The molecule has 11 nitrogen and oxygen atoms in total. The first-order valence-corrected chi connectivity index (χ1v) is 13.1. The largest absolute Gasteiger partial charge is 0.508 e. The Morgan fingerprint density at radius 3 is 2.21 bits per heavy atom. The fraction of sp³-hybridized carbons (Fsp3) is 0.290. The third-order valence-electron chi connectivity index (χ3n) is 5.99. The molecule has 42 heavy (non-hydrogen) atoms. The highest BCUT2D eigenvalue weighted by atomic mass is 16.6. The number of benzene rings is 3. The predicted octanol–water partition coefficient (Wildman–Crippen LogP) is 4.27. The van der Waals surface area contributed by atoms with Gasteiger partial charge in [-0.3, -0.25) is 9.59 Å². The highest BCUT2D eigenvalue weighted by Crippen LogP contribution is 2.28. The molecule has 0 spiro atoms. The van der Waals surface area contributed by atoms with E-state index in [1.807, 2.05) is 6.07 Å². The van der Waals surface area contributed by atoms with Crippen LogP contribution in [-0.4, -0.2) is 58.3 Å². The number of methoxy groups -OCH3 is 1. The molecular weight excluding hydrogens is 540 g/mol. The Labute approximate surface area is 244 Å². The number of nitrogens with zero attached hydrogens (tertiary/aromatic N) is 2. The number of carbonyl (C=O) groups excluding carboxylic acids is 3. The number of aromatic hydroxyl groups is 2. The fourth-order valence-electron chi connectivity index (χ4n) is 4.14. The molecule has 0 bridgehead atoms. The van der Waals surface area contributed by atoms with Crippen LogP contribution in [0.15, 0.2) is 72.8 Å². The third-order valence-corrected chi connectivity index (χ3v) is 5.99. The standard InChI is InChI=1S/C31H34N4O7/c1-31(2,3)42-30(40)34-26(18-20-8-12-23(36)13-9-20)29(39)35(17-16-32)27(21-6-5-7-24(37)19-21)28(38)33-22-10-14-25(41-4)15-11-22/h5-15,19,26-27,36-37H,17-18H2,1-4H3,(H,33,38)(H,34,40). The molecule has 0 heterocycles. The van der Waals surface area contributed by atoms with E-state index in [4.69, 9.17) is 9.47 Å². The van der Waals surface area contributed by atoms with Gasteiger partial charge in [0, 0.05) is 12.1 Å². The van der Waals surface area contributed by atoms with Crippen molar-refractivity contribution in [3.05, 3.63) is 83.9 Å². The topological polar surface area (TPSA) is 161 Å². The van der Waals surface area contributed by atoms with Gasteiger partial charge in [-0.25, -0.2) is 4.79 Å². The van der Waals surface area contributed by atoms with Gasteiger partial charge in [-0.05, 0) is 80.4 Å². The van der Waals surface area contributed by atoms with Gasteiger partial charge in [0.2, 0.25) is 5.91 Å². The van der Waals surface area contributed by atoms with Crippen molar-refractivity contribution in [2.75, 3.05) is 19.0 Å². The molecule has 0 saturated carbocycles. The first kappa shape index (κ1) is 31.3. The van der Waals surface area contributed by atoms with E-state index in [1.165, 1.54) is 37.4 Å². The molecule has 3 aromatic rings. The summed E-state index contributed by atoms with van der Waals surface area (Å²) < 4.78 is 10.5. The lowest BCUT2D eigenvalue weighted by Crippen LogP contribution is -2.53. The van der Waals surface area contributed by atoms with Gasteiger partial charge >= 0.3 is 6.09 Å². The monoisotopic (exact) mass is 574 g/mol. The van der Waals surface area contributed by atoms with Crippen LogP contribution in [0, 0.1) is 11.3 Å². The maximum atomic E-state index is 14.1. The zero-order chi connectivity index (χ0) is 30.9. The van der Waals surface area contributed by atoms with Crippen molar-refractivity contribution in [3.63, 3.8) is 0 Å². The summed E-state index contributed by atoms with van der Waals surface area (Å²) in [5, 5.41) is 34.9. The van der Waals surface area contributed by atoms with Crippen LogP contribution in [0.3, 0.4) is 0 Å². The van der Waals surface area contributed by atoms with E-state index in [9.17, 15) is 29.9 Å². The SMILES string of the molecule is COc1ccc(NC(=O)C(c2cccc(O)c2)N(CC#N)C(=O)C(Cc2ccc(O)cc2)NC(=O)OC(C)(C)C)cc1. The molecule has 0 aliphatic heterocycles. The summed E-state index contributed by atoms with van der Waals surface area (Å²) in [6.45, 7) is 4.50. The zero-order valence-electron chi connectivity index (χ0n) is 23.8. The number of nitriles is 1. The van der Waals surface area contributed by atoms with Crippen LogP contribution >= 0.6 is 0 Å². The Bertz CT molecular complexity index is 1430. The van der Waals surface area contributed by atoms with E-state index < -0.39 is 42.1 Å². The normalized spacial score (nSPS) is 12.3. The van der Waals surface area contributed by atoms with E-state index in [-0.39, 0.29) is 23.5 Å². The van der Waals surface area contributed by atoms with Gasteiger partial charge in [-0.15, -0.1) is 0 Å². The lowest BCUT2D eigenvalue weighted by Gasteiger charge is -2.33. The Kier molecular flexibility index (Phi) is 10.4. The maximum Gasteiger partial charge on any atom is 0.408 e. The highest BCUT2D eigenvalue weighted by molar-refractivity contribution is 5.99. The quantitative estimate of drug-likeness (QED) is 0.261. The second-order valence-electron chi connectivity index (χ2n) is 10.4. The average molecular weight is 575 g/mol. The van der Waals surface area contributed by atoms with E-state index in [0.717, 1.165) is 4.90 Å². The van der Waals surface area contributed by atoms with Crippen LogP contribution in [-0.2, 0) is 20.7 Å². The van der Waals surface area contributed by atoms with Crippen LogP contribution in [0.5, 0.6) is 17.2 Å². The Balaban J connectivity index is 2.03. The van der Waals surface area contributed by atoms with Gasteiger partial charge in [-0.1, -0.05) is 24.3 Å². The molecule has 4 N–H and O–H groups in total. The number of anilines is 1. The molecule has 0 radical (unpaired) electrons. The summed E-state index contributed by atoms with van der Waals surface area (Å²) in [5.74, 6) is -0.952. The van der Waals surface area contributed by atoms with Crippen LogP contribution in [0.1, 0.15) is 37.9 Å². The van der Waals surface area contributed by atoms with E-state index >= 15 is 0 Å². The molecule has 3 rings (SSSR count). The molecule has 0 aliphatic rings. The number of carbonyl (C=O) groups is 3. The number of alkyl carbamates (subject to hydrolysis) is 1. The molecule has 2 atom stereocenters.